The molecule has 0 radical (unpaired) electrons. The van der Waals surface area contributed by atoms with E-state index in [0.717, 1.165) is 11.1 Å². The molecule has 1 aliphatic heterocycles. The van der Waals surface area contributed by atoms with Gasteiger partial charge in [0.15, 0.2) is 11.2 Å². The van der Waals surface area contributed by atoms with Gasteiger partial charge in [0.25, 0.3) is 0 Å². The molecule has 2 aromatic carbocycles. The second-order valence-corrected chi connectivity index (χ2v) is 10.6. The van der Waals surface area contributed by atoms with Gasteiger partial charge >= 0.3 is 17.6 Å². The second kappa shape index (κ2) is 13.2. The van der Waals surface area contributed by atoms with Crippen molar-refractivity contribution < 1.29 is 23.9 Å². The van der Waals surface area contributed by atoms with Crippen LogP contribution < -0.4 is 5.69 Å². The molecular formula is C30H35ClN4O6. The molecule has 1 amide bonds. The van der Waals surface area contributed by atoms with Crippen LogP contribution in [0.4, 0.5) is 0 Å². The number of ether oxygens (including phenoxy) is 2. The Labute approximate surface area is 243 Å². The number of nitrogens with zero attached hydrogens (tertiary/aromatic N) is 3. The average Bonchev–Trinajstić information content (AvgIpc) is 3.36. The molecular weight excluding hydrogens is 548 g/mol. The standard InChI is InChI=1S/C30H35ClN4O6/c1-4-40-27(37)30(28(38)41-5-2,18-21-11-12-24(31)20(3)17-21)19-25(36)34-15-13-23(14-16-34)35-29(39)32-26(33-35)22-9-7-6-8-10-22/h6-12,17,23H,4-5,13-16,18-19H2,1-3H3,(H,32,33,39). The summed E-state index contributed by atoms with van der Waals surface area (Å²) < 4.78 is 12.1. The summed E-state index contributed by atoms with van der Waals surface area (Å²) in [5.74, 6) is -1.48. The largest absolute Gasteiger partial charge is 0.465 e. The van der Waals surface area contributed by atoms with Crippen LogP contribution in [-0.2, 0) is 30.3 Å². The number of piperidine rings is 1. The molecule has 0 spiro atoms. The fraction of sp³-hybridized carbons (Fsp3) is 0.433. The summed E-state index contributed by atoms with van der Waals surface area (Å²) in [6.07, 6.45) is 0.507. The molecule has 10 nitrogen and oxygen atoms in total. The minimum atomic E-state index is -1.86. The molecule has 218 valence electrons. The van der Waals surface area contributed by atoms with Crippen LogP contribution in [0.3, 0.4) is 0 Å². The van der Waals surface area contributed by atoms with Crippen molar-refractivity contribution >= 4 is 29.4 Å². The van der Waals surface area contributed by atoms with Crippen LogP contribution in [0.2, 0.25) is 5.02 Å². The van der Waals surface area contributed by atoms with E-state index in [4.69, 9.17) is 21.1 Å². The first kappa shape index (κ1) is 30.0. The summed E-state index contributed by atoms with van der Waals surface area (Å²) in [6.45, 7) is 5.88. The molecule has 1 N–H and O–H groups in total. The zero-order chi connectivity index (χ0) is 29.6. The van der Waals surface area contributed by atoms with E-state index in [0.29, 0.717) is 42.3 Å². The number of halogens is 1. The minimum absolute atomic E-state index is 0.0443. The fourth-order valence-corrected chi connectivity index (χ4v) is 5.30. The first-order valence-electron chi connectivity index (χ1n) is 13.8. The molecule has 0 aliphatic carbocycles. The number of carbonyl (C=O) groups is 3. The number of benzene rings is 2. The highest BCUT2D eigenvalue weighted by atomic mass is 35.5. The summed E-state index contributed by atoms with van der Waals surface area (Å²) in [6, 6.07) is 14.4. The number of nitrogens with one attached hydrogen (secondary N) is 1. The molecule has 2 heterocycles. The number of aromatic amines is 1. The molecule has 4 rings (SSSR count). The molecule has 3 aromatic rings. The molecule has 0 atom stereocenters. The maximum atomic E-state index is 13.6. The van der Waals surface area contributed by atoms with Gasteiger partial charge in [-0.3, -0.25) is 19.4 Å². The molecule has 1 fully saturated rings. The quantitative estimate of drug-likeness (QED) is 0.282. The third-order valence-corrected chi connectivity index (χ3v) is 7.79. The van der Waals surface area contributed by atoms with Crippen molar-refractivity contribution in [2.75, 3.05) is 26.3 Å². The Bertz CT molecular complexity index is 1420. The molecule has 0 unspecified atom stereocenters. The Hall–Kier alpha value is -3.92. The SMILES string of the molecule is CCOC(=O)C(CC(=O)N1CCC(n2nc(-c3ccccc3)[nH]c2=O)CC1)(Cc1ccc(Cl)c(C)c1)C(=O)OCC. The number of hydrogen-bond acceptors (Lipinski definition) is 7. The Morgan fingerprint density at radius 3 is 2.24 bits per heavy atom. The van der Waals surface area contributed by atoms with Crippen molar-refractivity contribution in [2.24, 2.45) is 5.41 Å². The summed E-state index contributed by atoms with van der Waals surface area (Å²) in [5.41, 5.74) is 0.0794. The first-order chi connectivity index (χ1) is 19.7. The molecule has 0 bridgehead atoms. The molecule has 11 heteroatoms. The lowest BCUT2D eigenvalue weighted by Gasteiger charge is -2.35. The third-order valence-electron chi connectivity index (χ3n) is 7.37. The number of esters is 2. The van der Waals surface area contributed by atoms with E-state index in [1.165, 1.54) is 4.68 Å². The Morgan fingerprint density at radius 1 is 1.02 bits per heavy atom. The van der Waals surface area contributed by atoms with Crippen molar-refractivity contribution in [3.63, 3.8) is 0 Å². The smallest absolute Gasteiger partial charge is 0.343 e. The molecule has 1 aliphatic rings. The Morgan fingerprint density at radius 2 is 1.66 bits per heavy atom. The highest BCUT2D eigenvalue weighted by Crippen LogP contribution is 2.34. The van der Waals surface area contributed by atoms with Crippen molar-refractivity contribution in [1.29, 1.82) is 0 Å². The van der Waals surface area contributed by atoms with Gasteiger partial charge in [-0.05, 0) is 57.2 Å². The Balaban J connectivity index is 1.53. The minimum Gasteiger partial charge on any atom is -0.465 e. The van der Waals surface area contributed by atoms with Crippen molar-refractivity contribution in [3.05, 3.63) is 75.2 Å². The van der Waals surface area contributed by atoms with Crippen molar-refractivity contribution in [2.45, 2.75) is 52.5 Å². The summed E-state index contributed by atoms with van der Waals surface area (Å²) in [5, 5.41) is 5.05. The van der Waals surface area contributed by atoms with Crippen LogP contribution in [0, 0.1) is 12.3 Å². The predicted octanol–water partition coefficient (Wildman–Crippen LogP) is 4.11. The highest BCUT2D eigenvalue weighted by Gasteiger charge is 2.51. The van der Waals surface area contributed by atoms with Gasteiger partial charge < -0.3 is 14.4 Å². The van der Waals surface area contributed by atoms with Gasteiger partial charge in [0.1, 0.15) is 0 Å². The van der Waals surface area contributed by atoms with E-state index in [-0.39, 0.29) is 37.3 Å². The van der Waals surface area contributed by atoms with Gasteiger partial charge in [-0.25, -0.2) is 9.48 Å². The second-order valence-electron chi connectivity index (χ2n) is 10.2. The van der Waals surface area contributed by atoms with Gasteiger partial charge in [0.05, 0.1) is 25.7 Å². The third kappa shape index (κ3) is 6.70. The number of H-pyrrole nitrogens is 1. The number of carbonyl (C=O) groups excluding carboxylic acids is 3. The van der Waals surface area contributed by atoms with E-state index in [2.05, 4.69) is 10.1 Å². The number of amides is 1. The maximum absolute atomic E-state index is 13.6. The van der Waals surface area contributed by atoms with Crippen LogP contribution in [0.1, 0.15) is 50.3 Å². The van der Waals surface area contributed by atoms with Crippen LogP contribution in [0.5, 0.6) is 0 Å². The lowest BCUT2D eigenvalue weighted by molar-refractivity contribution is -0.175. The number of rotatable bonds is 10. The predicted molar refractivity (Wildman–Crippen MR) is 153 cm³/mol. The Kier molecular flexibility index (Phi) is 9.65. The van der Waals surface area contributed by atoms with Crippen molar-refractivity contribution in [3.8, 4) is 11.4 Å². The number of likely N-dealkylation sites (tertiary alicyclic amines) is 1. The summed E-state index contributed by atoms with van der Waals surface area (Å²) in [7, 11) is 0. The summed E-state index contributed by atoms with van der Waals surface area (Å²) in [4.78, 5) is 57.5. The van der Waals surface area contributed by atoms with Crippen LogP contribution in [0.15, 0.2) is 53.3 Å². The number of aryl methyl sites for hydroxylation is 1. The number of aromatic nitrogens is 3. The highest BCUT2D eigenvalue weighted by molar-refractivity contribution is 6.31. The van der Waals surface area contributed by atoms with E-state index >= 15 is 0 Å². The summed E-state index contributed by atoms with van der Waals surface area (Å²) >= 11 is 6.19. The van der Waals surface area contributed by atoms with Crippen LogP contribution in [0.25, 0.3) is 11.4 Å². The zero-order valence-electron chi connectivity index (χ0n) is 23.5. The van der Waals surface area contributed by atoms with Gasteiger partial charge in [0.2, 0.25) is 5.91 Å². The topological polar surface area (TPSA) is 124 Å². The normalized spacial score (nSPS) is 14.1. The van der Waals surface area contributed by atoms with E-state index < -0.39 is 23.8 Å². The lowest BCUT2D eigenvalue weighted by Crippen LogP contribution is -2.49. The average molecular weight is 583 g/mol. The van der Waals surface area contributed by atoms with Crippen LogP contribution >= 0.6 is 11.6 Å². The molecule has 41 heavy (non-hydrogen) atoms. The van der Waals surface area contributed by atoms with Gasteiger partial charge in [-0.15, -0.1) is 5.10 Å². The van der Waals surface area contributed by atoms with E-state index in [9.17, 15) is 19.2 Å². The fourth-order valence-electron chi connectivity index (χ4n) is 5.18. The molecule has 1 saturated heterocycles. The van der Waals surface area contributed by atoms with Gasteiger partial charge in [-0.1, -0.05) is 54.1 Å². The van der Waals surface area contributed by atoms with Crippen molar-refractivity contribution in [1.82, 2.24) is 19.7 Å². The maximum Gasteiger partial charge on any atom is 0.343 e. The van der Waals surface area contributed by atoms with E-state index in [1.54, 1.807) is 36.9 Å². The van der Waals surface area contributed by atoms with Gasteiger partial charge in [-0.2, -0.15) is 0 Å². The number of hydrogen-bond donors (Lipinski definition) is 1. The molecule has 1 aromatic heterocycles. The lowest BCUT2D eigenvalue weighted by atomic mass is 9.77. The van der Waals surface area contributed by atoms with Crippen LogP contribution in [-0.4, -0.2) is 63.8 Å². The molecule has 0 saturated carbocycles. The van der Waals surface area contributed by atoms with E-state index in [1.807, 2.05) is 37.3 Å². The van der Waals surface area contributed by atoms with Gasteiger partial charge in [0, 0.05) is 23.7 Å². The monoisotopic (exact) mass is 582 g/mol. The first-order valence-corrected chi connectivity index (χ1v) is 14.2. The zero-order valence-corrected chi connectivity index (χ0v) is 24.3.